The van der Waals surface area contributed by atoms with E-state index in [-0.39, 0.29) is 24.2 Å². The number of furan rings is 1. The molecule has 2 rings (SSSR count). The van der Waals surface area contributed by atoms with E-state index in [4.69, 9.17) is 9.15 Å². The lowest BCUT2D eigenvalue weighted by Crippen LogP contribution is -2.35. The third-order valence-corrected chi connectivity index (χ3v) is 5.14. The third kappa shape index (κ3) is 3.22. The normalized spacial score (nSPS) is 20.2. The van der Waals surface area contributed by atoms with Gasteiger partial charge in [-0.2, -0.15) is 0 Å². The van der Waals surface area contributed by atoms with Crippen LogP contribution in [0.2, 0.25) is 0 Å². The number of aliphatic hydroxyl groups is 1. The summed E-state index contributed by atoms with van der Waals surface area (Å²) in [7, 11) is -3.70. The van der Waals surface area contributed by atoms with Gasteiger partial charge in [0.2, 0.25) is 10.0 Å². The van der Waals surface area contributed by atoms with Crippen molar-refractivity contribution in [1.29, 1.82) is 0 Å². The average molecular weight is 303 g/mol. The standard InChI is InChI=1S/C13H21NO5S/c1-9-12(8-15)13(10(2)19-9)20(16,17)14-7-11-5-3-4-6-18-11/h11,14-15H,3-8H2,1-2H3. The zero-order valence-corrected chi connectivity index (χ0v) is 12.6. The lowest BCUT2D eigenvalue weighted by molar-refractivity contribution is 0.0200. The maximum atomic E-state index is 12.4. The van der Waals surface area contributed by atoms with E-state index in [1.54, 1.807) is 13.8 Å². The van der Waals surface area contributed by atoms with Crippen LogP contribution in [0.1, 0.15) is 36.3 Å². The van der Waals surface area contributed by atoms with E-state index in [1.807, 2.05) is 0 Å². The fourth-order valence-corrected chi connectivity index (χ4v) is 3.99. The topological polar surface area (TPSA) is 88.8 Å². The molecule has 6 nitrogen and oxygen atoms in total. The molecule has 7 heteroatoms. The molecule has 1 saturated heterocycles. The van der Waals surface area contributed by atoms with Crippen LogP contribution in [0.5, 0.6) is 0 Å². The second-order valence-corrected chi connectivity index (χ2v) is 6.72. The highest BCUT2D eigenvalue weighted by molar-refractivity contribution is 7.89. The lowest BCUT2D eigenvalue weighted by Gasteiger charge is -2.22. The fraction of sp³-hybridized carbons (Fsp3) is 0.692. The number of rotatable bonds is 5. The van der Waals surface area contributed by atoms with Crippen molar-refractivity contribution in [3.8, 4) is 0 Å². The van der Waals surface area contributed by atoms with Crippen molar-refractivity contribution in [3.05, 3.63) is 17.1 Å². The number of aryl methyl sites for hydroxylation is 2. The zero-order valence-electron chi connectivity index (χ0n) is 11.8. The SMILES string of the molecule is Cc1oc(C)c(S(=O)(=O)NCC2CCCCO2)c1CO. The summed E-state index contributed by atoms with van der Waals surface area (Å²) in [5.41, 5.74) is 0.319. The van der Waals surface area contributed by atoms with E-state index in [0.717, 1.165) is 19.3 Å². The molecule has 0 bridgehead atoms. The van der Waals surface area contributed by atoms with Crippen LogP contribution in [0.15, 0.2) is 9.31 Å². The monoisotopic (exact) mass is 303 g/mol. The summed E-state index contributed by atoms with van der Waals surface area (Å²) in [5, 5.41) is 9.32. The highest BCUT2D eigenvalue weighted by Crippen LogP contribution is 2.26. The smallest absolute Gasteiger partial charge is 0.244 e. The Balaban J connectivity index is 2.13. The molecule has 0 aliphatic carbocycles. The first-order valence-corrected chi connectivity index (χ1v) is 8.25. The summed E-state index contributed by atoms with van der Waals surface area (Å²) in [4.78, 5) is 0.0494. The molecule has 114 valence electrons. The van der Waals surface area contributed by atoms with Crippen molar-refractivity contribution in [3.63, 3.8) is 0 Å². The molecule has 2 N–H and O–H groups in total. The van der Waals surface area contributed by atoms with E-state index in [0.29, 0.717) is 23.7 Å². The molecule has 20 heavy (non-hydrogen) atoms. The number of aliphatic hydroxyl groups excluding tert-OH is 1. The molecule has 1 unspecified atom stereocenters. The minimum atomic E-state index is -3.70. The first kappa shape index (κ1) is 15.5. The van der Waals surface area contributed by atoms with Crippen LogP contribution in [0.4, 0.5) is 0 Å². The van der Waals surface area contributed by atoms with Gasteiger partial charge in [-0.15, -0.1) is 0 Å². The van der Waals surface area contributed by atoms with Gasteiger partial charge in [0, 0.05) is 18.7 Å². The molecule has 0 aromatic carbocycles. The Morgan fingerprint density at radius 1 is 1.30 bits per heavy atom. The summed E-state index contributed by atoms with van der Waals surface area (Å²) >= 11 is 0. The van der Waals surface area contributed by atoms with Crippen LogP contribution in [-0.2, 0) is 21.4 Å². The largest absolute Gasteiger partial charge is 0.465 e. The van der Waals surface area contributed by atoms with Gasteiger partial charge in [0.1, 0.15) is 16.4 Å². The van der Waals surface area contributed by atoms with Crippen LogP contribution in [-0.4, -0.2) is 32.8 Å². The molecule has 0 amide bonds. The Bertz CT molecular complexity index is 558. The van der Waals surface area contributed by atoms with Gasteiger partial charge in [0.25, 0.3) is 0 Å². The summed E-state index contributed by atoms with van der Waals surface area (Å²) in [5.74, 6) is 0.725. The van der Waals surface area contributed by atoms with Gasteiger partial charge < -0.3 is 14.3 Å². The maximum Gasteiger partial charge on any atom is 0.244 e. The second-order valence-electron chi connectivity index (χ2n) is 5.02. The van der Waals surface area contributed by atoms with E-state index in [9.17, 15) is 13.5 Å². The molecule has 1 aromatic heterocycles. The molecule has 1 atom stereocenters. The maximum absolute atomic E-state index is 12.4. The molecule has 1 fully saturated rings. The average Bonchev–Trinajstić information content (AvgIpc) is 2.72. The van der Waals surface area contributed by atoms with Crippen LogP contribution >= 0.6 is 0 Å². The Kier molecular flexibility index (Phi) is 4.85. The summed E-state index contributed by atoms with van der Waals surface area (Å²) in [6.45, 7) is 3.79. The van der Waals surface area contributed by atoms with Gasteiger partial charge in [-0.1, -0.05) is 0 Å². The van der Waals surface area contributed by atoms with Gasteiger partial charge in [0.05, 0.1) is 12.7 Å². The highest BCUT2D eigenvalue weighted by Gasteiger charge is 2.27. The number of nitrogens with one attached hydrogen (secondary N) is 1. The molecule has 1 aliphatic heterocycles. The number of ether oxygens (including phenoxy) is 1. The van der Waals surface area contributed by atoms with E-state index >= 15 is 0 Å². The van der Waals surface area contributed by atoms with Crippen molar-refractivity contribution in [2.24, 2.45) is 0 Å². The fourth-order valence-electron chi connectivity index (χ4n) is 2.49. The Labute approximate surface area is 119 Å². The summed E-state index contributed by atoms with van der Waals surface area (Å²) in [6.07, 6.45) is 2.86. The number of sulfonamides is 1. The first-order chi connectivity index (χ1) is 9.45. The van der Waals surface area contributed by atoms with Crippen LogP contribution in [0, 0.1) is 13.8 Å². The second kappa shape index (κ2) is 6.26. The molecule has 0 saturated carbocycles. The van der Waals surface area contributed by atoms with Crippen LogP contribution < -0.4 is 4.72 Å². The van der Waals surface area contributed by atoms with Crippen LogP contribution in [0.3, 0.4) is 0 Å². The van der Waals surface area contributed by atoms with Gasteiger partial charge >= 0.3 is 0 Å². The number of hydrogen-bond donors (Lipinski definition) is 2. The molecular formula is C13H21NO5S. The molecule has 2 heterocycles. The molecule has 0 radical (unpaired) electrons. The molecule has 0 spiro atoms. The van der Waals surface area contributed by atoms with E-state index < -0.39 is 10.0 Å². The highest BCUT2D eigenvalue weighted by atomic mass is 32.2. The van der Waals surface area contributed by atoms with Crippen molar-refractivity contribution in [2.75, 3.05) is 13.2 Å². The minimum Gasteiger partial charge on any atom is -0.465 e. The number of hydrogen-bond acceptors (Lipinski definition) is 5. The van der Waals surface area contributed by atoms with Crippen molar-refractivity contribution in [2.45, 2.75) is 50.7 Å². The molecule has 1 aromatic rings. The van der Waals surface area contributed by atoms with E-state index in [1.165, 1.54) is 0 Å². The quantitative estimate of drug-likeness (QED) is 0.854. The summed E-state index contributed by atoms with van der Waals surface area (Å²) in [6, 6.07) is 0. The first-order valence-electron chi connectivity index (χ1n) is 6.76. The van der Waals surface area contributed by atoms with E-state index in [2.05, 4.69) is 4.72 Å². The molecular weight excluding hydrogens is 282 g/mol. The minimum absolute atomic E-state index is 0.0494. The Hall–Kier alpha value is -0.890. The van der Waals surface area contributed by atoms with Gasteiger partial charge in [-0.05, 0) is 33.1 Å². The predicted octanol–water partition coefficient (Wildman–Crippen LogP) is 1.24. The molecule has 1 aliphatic rings. The van der Waals surface area contributed by atoms with Gasteiger partial charge in [0.15, 0.2) is 0 Å². The van der Waals surface area contributed by atoms with Gasteiger partial charge in [-0.3, -0.25) is 0 Å². The Morgan fingerprint density at radius 3 is 2.65 bits per heavy atom. The van der Waals surface area contributed by atoms with Crippen molar-refractivity contribution >= 4 is 10.0 Å². The van der Waals surface area contributed by atoms with Crippen LogP contribution in [0.25, 0.3) is 0 Å². The predicted molar refractivity (Wildman–Crippen MR) is 72.9 cm³/mol. The zero-order chi connectivity index (χ0) is 14.8. The summed E-state index contributed by atoms with van der Waals surface area (Å²) < 4.78 is 38.1. The van der Waals surface area contributed by atoms with Crippen molar-refractivity contribution in [1.82, 2.24) is 4.72 Å². The van der Waals surface area contributed by atoms with Crippen molar-refractivity contribution < 1.29 is 22.7 Å². The third-order valence-electron chi connectivity index (χ3n) is 3.53. The Morgan fingerprint density at radius 2 is 2.05 bits per heavy atom. The lowest BCUT2D eigenvalue weighted by atomic mass is 10.1. The van der Waals surface area contributed by atoms with Gasteiger partial charge in [-0.25, -0.2) is 13.1 Å².